The van der Waals surface area contributed by atoms with Crippen molar-refractivity contribution in [1.82, 2.24) is 4.90 Å². The molecule has 0 amide bonds. The molecule has 112 valence electrons. The van der Waals surface area contributed by atoms with Crippen LogP contribution in [-0.2, 0) is 0 Å². The summed E-state index contributed by atoms with van der Waals surface area (Å²) in [5, 5.41) is 0. The Morgan fingerprint density at radius 1 is 1.11 bits per heavy atom. The van der Waals surface area contributed by atoms with Gasteiger partial charge in [0.05, 0.1) is 0 Å². The fourth-order valence-electron chi connectivity index (χ4n) is 4.41. The maximum Gasteiger partial charge on any atom is 0.0331 e. The fourth-order valence-corrected chi connectivity index (χ4v) is 4.41. The first-order valence-corrected chi connectivity index (χ1v) is 8.69. The van der Waals surface area contributed by atoms with E-state index >= 15 is 0 Å². The summed E-state index contributed by atoms with van der Waals surface area (Å²) in [6.45, 7) is 8.16. The third-order valence-corrected chi connectivity index (χ3v) is 5.88. The summed E-state index contributed by atoms with van der Waals surface area (Å²) in [4.78, 5) is 2.77. The lowest BCUT2D eigenvalue weighted by molar-refractivity contribution is 0.0992. The normalized spacial score (nSPS) is 37.4. The summed E-state index contributed by atoms with van der Waals surface area (Å²) in [5.41, 5.74) is 6.61. The maximum atomic E-state index is 6.25. The van der Waals surface area contributed by atoms with Crippen LogP contribution in [-0.4, -0.2) is 30.1 Å². The Morgan fingerprint density at radius 2 is 1.95 bits per heavy atom. The van der Waals surface area contributed by atoms with Gasteiger partial charge in [-0.15, -0.1) is 0 Å². The van der Waals surface area contributed by atoms with E-state index in [4.69, 9.17) is 5.73 Å². The van der Waals surface area contributed by atoms with Crippen LogP contribution in [0.2, 0.25) is 0 Å². The molecule has 1 aliphatic heterocycles. The summed E-state index contributed by atoms with van der Waals surface area (Å²) in [6, 6.07) is 0. The SMILES string of the molecule is CCCC1CCCC(CN)(N2CCC(CC)C2)CC1. The van der Waals surface area contributed by atoms with Gasteiger partial charge >= 0.3 is 0 Å². The van der Waals surface area contributed by atoms with Gasteiger partial charge in [-0.3, -0.25) is 4.90 Å². The van der Waals surface area contributed by atoms with Crippen molar-refractivity contribution in [3.8, 4) is 0 Å². The number of nitrogens with zero attached hydrogens (tertiary/aromatic N) is 1. The van der Waals surface area contributed by atoms with Gasteiger partial charge in [-0.05, 0) is 44.1 Å². The van der Waals surface area contributed by atoms with Crippen LogP contribution in [0.4, 0.5) is 0 Å². The predicted octanol–water partition coefficient (Wildman–Crippen LogP) is 3.80. The highest BCUT2D eigenvalue weighted by Crippen LogP contribution is 2.38. The van der Waals surface area contributed by atoms with E-state index in [1.54, 1.807) is 0 Å². The molecule has 0 spiro atoms. The van der Waals surface area contributed by atoms with E-state index in [1.165, 1.54) is 70.9 Å². The first-order chi connectivity index (χ1) is 9.24. The lowest BCUT2D eigenvalue weighted by Gasteiger charge is -2.41. The first kappa shape index (κ1) is 15.3. The second-order valence-electron chi connectivity index (χ2n) is 7.02. The van der Waals surface area contributed by atoms with Gasteiger partial charge in [0, 0.05) is 18.6 Å². The van der Waals surface area contributed by atoms with E-state index < -0.39 is 0 Å². The highest BCUT2D eigenvalue weighted by molar-refractivity contribution is 4.97. The zero-order chi connectivity index (χ0) is 13.7. The van der Waals surface area contributed by atoms with Gasteiger partial charge in [0.1, 0.15) is 0 Å². The summed E-state index contributed by atoms with van der Waals surface area (Å²) in [6.07, 6.45) is 12.5. The fraction of sp³-hybridized carbons (Fsp3) is 1.00. The van der Waals surface area contributed by atoms with Gasteiger partial charge in [0.2, 0.25) is 0 Å². The zero-order valence-electron chi connectivity index (χ0n) is 13.2. The molecule has 2 rings (SSSR count). The predicted molar refractivity (Wildman–Crippen MR) is 83.2 cm³/mol. The van der Waals surface area contributed by atoms with Crippen LogP contribution in [0.5, 0.6) is 0 Å². The van der Waals surface area contributed by atoms with E-state index in [1.807, 2.05) is 0 Å². The van der Waals surface area contributed by atoms with Crippen molar-refractivity contribution in [2.24, 2.45) is 17.6 Å². The van der Waals surface area contributed by atoms with E-state index in [9.17, 15) is 0 Å². The Bertz CT molecular complexity index is 266. The topological polar surface area (TPSA) is 29.3 Å². The quantitative estimate of drug-likeness (QED) is 0.767. The van der Waals surface area contributed by atoms with Crippen LogP contribution in [0.15, 0.2) is 0 Å². The standard InChI is InChI=1S/C17H34N2/c1-3-6-16-7-5-10-17(14-18,11-8-16)19-12-9-15(4-2)13-19/h15-16H,3-14,18H2,1-2H3. The van der Waals surface area contributed by atoms with E-state index in [-0.39, 0.29) is 0 Å². The molecule has 0 aromatic carbocycles. The highest BCUT2D eigenvalue weighted by Gasteiger charge is 2.40. The minimum Gasteiger partial charge on any atom is -0.329 e. The van der Waals surface area contributed by atoms with Crippen molar-refractivity contribution in [2.75, 3.05) is 19.6 Å². The molecule has 2 N–H and O–H groups in total. The third-order valence-electron chi connectivity index (χ3n) is 5.88. The lowest BCUT2D eigenvalue weighted by Crippen LogP contribution is -2.52. The average molecular weight is 266 g/mol. The lowest BCUT2D eigenvalue weighted by atomic mass is 9.87. The second kappa shape index (κ2) is 7.08. The molecule has 3 unspecified atom stereocenters. The van der Waals surface area contributed by atoms with Gasteiger partial charge in [0.25, 0.3) is 0 Å². The molecule has 2 nitrogen and oxygen atoms in total. The molecule has 1 aliphatic carbocycles. The Labute approximate surface area is 120 Å². The zero-order valence-corrected chi connectivity index (χ0v) is 13.2. The number of nitrogens with two attached hydrogens (primary N) is 1. The van der Waals surface area contributed by atoms with Crippen molar-refractivity contribution in [3.05, 3.63) is 0 Å². The maximum absolute atomic E-state index is 6.25. The summed E-state index contributed by atoms with van der Waals surface area (Å²) < 4.78 is 0. The molecule has 0 bridgehead atoms. The van der Waals surface area contributed by atoms with Crippen LogP contribution in [0, 0.1) is 11.8 Å². The van der Waals surface area contributed by atoms with Gasteiger partial charge in [0.15, 0.2) is 0 Å². The smallest absolute Gasteiger partial charge is 0.0331 e. The molecule has 2 aliphatic rings. The summed E-state index contributed by atoms with van der Waals surface area (Å²) in [7, 11) is 0. The highest BCUT2D eigenvalue weighted by atomic mass is 15.2. The molecule has 1 saturated carbocycles. The molecular weight excluding hydrogens is 232 g/mol. The number of hydrogen-bond donors (Lipinski definition) is 1. The van der Waals surface area contributed by atoms with Gasteiger partial charge in [-0.2, -0.15) is 0 Å². The molecule has 0 radical (unpaired) electrons. The molecule has 1 saturated heterocycles. The Balaban J connectivity index is 1.98. The molecule has 2 heteroatoms. The molecule has 19 heavy (non-hydrogen) atoms. The summed E-state index contributed by atoms with van der Waals surface area (Å²) >= 11 is 0. The van der Waals surface area contributed by atoms with E-state index in [2.05, 4.69) is 18.7 Å². The first-order valence-electron chi connectivity index (χ1n) is 8.69. The summed E-state index contributed by atoms with van der Waals surface area (Å²) in [5.74, 6) is 1.90. The van der Waals surface area contributed by atoms with Crippen LogP contribution >= 0.6 is 0 Å². The van der Waals surface area contributed by atoms with E-state index in [0.717, 1.165) is 18.4 Å². The molecule has 2 fully saturated rings. The minimum absolute atomic E-state index is 0.354. The second-order valence-corrected chi connectivity index (χ2v) is 7.02. The van der Waals surface area contributed by atoms with Gasteiger partial charge < -0.3 is 5.73 Å². The number of likely N-dealkylation sites (tertiary alicyclic amines) is 1. The van der Waals surface area contributed by atoms with Crippen LogP contribution in [0.3, 0.4) is 0 Å². The molecular formula is C17H34N2. The van der Waals surface area contributed by atoms with Crippen LogP contribution in [0.25, 0.3) is 0 Å². The Hall–Kier alpha value is -0.0800. The Kier molecular flexibility index (Phi) is 5.70. The molecule has 1 heterocycles. The number of rotatable bonds is 5. The minimum atomic E-state index is 0.354. The van der Waals surface area contributed by atoms with Crippen LogP contribution < -0.4 is 5.73 Å². The van der Waals surface area contributed by atoms with Crippen molar-refractivity contribution >= 4 is 0 Å². The van der Waals surface area contributed by atoms with Gasteiger partial charge in [-0.1, -0.05) is 46.0 Å². The molecule has 3 atom stereocenters. The van der Waals surface area contributed by atoms with Crippen molar-refractivity contribution in [3.63, 3.8) is 0 Å². The molecule has 0 aromatic rings. The van der Waals surface area contributed by atoms with Crippen LogP contribution in [0.1, 0.15) is 71.6 Å². The Morgan fingerprint density at radius 3 is 2.58 bits per heavy atom. The van der Waals surface area contributed by atoms with Crippen molar-refractivity contribution < 1.29 is 0 Å². The van der Waals surface area contributed by atoms with E-state index in [0.29, 0.717) is 5.54 Å². The van der Waals surface area contributed by atoms with Crippen molar-refractivity contribution in [2.45, 2.75) is 77.2 Å². The largest absolute Gasteiger partial charge is 0.329 e. The number of hydrogen-bond acceptors (Lipinski definition) is 2. The average Bonchev–Trinajstić information content (AvgIpc) is 2.83. The third kappa shape index (κ3) is 3.52. The monoisotopic (exact) mass is 266 g/mol. The van der Waals surface area contributed by atoms with Gasteiger partial charge in [-0.25, -0.2) is 0 Å². The molecule has 0 aromatic heterocycles. The van der Waals surface area contributed by atoms with Crippen molar-refractivity contribution in [1.29, 1.82) is 0 Å².